The van der Waals surface area contributed by atoms with Crippen LogP contribution in [0.5, 0.6) is 0 Å². The molecule has 0 aliphatic carbocycles. The largest absolute Gasteiger partial charge is 0.307 e. The van der Waals surface area contributed by atoms with Crippen molar-refractivity contribution in [3.8, 4) is 22.8 Å². The topological polar surface area (TPSA) is 35.6 Å². The van der Waals surface area contributed by atoms with Crippen molar-refractivity contribution in [2.45, 2.75) is 0 Å². The van der Waals surface area contributed by atoms with Crippen LogP contribution in [0, 0.1) is 0 Å². The third-order valence-corrected chi connectivity index (χ3v) is 4.23. The maximum absolute atomic E-state index is 6.38. The molecular formula is C18H12Cl2N4. The molecule has 0 amide bonds. The molecule has 0 radical (unpaired) electrons. The summed E-state index contributed by atoms with van der Waals surface area (Å²) in [6, 6.07) is 19.1. The number of hydrogen-bond acceptors (Lipinski definition) is 2. The third-order valence-electron chi connectivity index (χ3n) is 3.68. The highest BCUT2D eigenvalue weighted by molar-refractivity contribution is 6.36. The molecule has 4 rings (SSSR count). The van der Waals surface area contributed by atoms with Crippen LogP contribution in [-0.2, 0) is 0 Å². The molecule has 0 saturated carbocycles. The van der Waals surface area contributed by atoms with Crippen molar-refractivity contribution in [1.82, 2.24) is 19.6 Å². The Labute approximate surface area is 148 Å². The van der Waals surface area contributed by atoms with E-state index in [0.29, 0.717) is 15.7 Å². The fraction of sp³-hybridized carbons (Fsp3) is 0. The summed E-state index contributed by atoms with van der Waals surface area (Å²) in [5.74, 6) is 0.815. The lowest BCUT2D eigenvalue weighted by Crippen LogP contribution is -2.04. The van der Waals surface area contributed by atoms with Crippen molar-refractivity contribution in [2.24, 2.45) is 0 Å². The first-order chi connectivity index (χ1) is 11.7. The van der Waals surface area contributed by atoms with Gasteiger partial charge in [0.05, 0.1) is 10.7 Å². The first-order valence-electron chi connectivity index (χ1n) is 7.34. The van der Waals surface area contributed by atoms with E-state index in [1.807, 2.05) is 65.5 Å². The molecule has 2 aromatic carbocycles. The molecule has 2 heterocycles. The summed E-state index contributed by atoms with van der Waals surface area (Å²) in [5.41, 5.74) is 2.40. The highest BCUT2D eigenvalue weighted by Crippen LogP contribution is 2.33. The maximum Gasteiger partial charge on any atom is 0.169 e. The normalized spacial score (nSPS) is 10.9. The molecule has 0 saturated heterocycles. The molecule has 2 aromatic heterocycles. The number of para-hydroxylation sites is 1. The van der Waals surface area contributed by atoms with Gasteiger partial charge < -0.3 is 4.57 Å². The van der Waals surface area contributed by atoms with Gasteiger partial charge >= 0.3 is 0 Å². The number of hydrogen-bond donors (Lipinski definition) is 0. The van der Waals surface area contributed by atoms with Gasteiger partial charge in [0, 0.05) is 23.0 Å². The molecular weight excluding hydrogens is 343 g/mol. The SMILES string of the molecule is Clc1ccc(-c2nnn(-c3ccccc3)c2-n2cccc2)c(Cl)c1. The number of benzene rings is 2. The minimum Gasteiger partial charge on any atom is -0.307 e. The summed E-state index contributed by atoms with van der Waals surface area (Å²) in [4.78, 5) is 0. The number of nitrogens with zero attached hydrogens (tertiary/aromatic N) is 4. The van der Waals surface area contributed by atoms with Crippen molar-refractivity contribution in [3.63, 3.8) is 0 Å². The second-order valence-electron chi connectivity index (χ2n) is 5.22. The Morgan fingerprint density at radius 2 is 1.58 bits per heavy atom. The minimum atomic E-state index is 0.538. The molecule has 4 aromatic rings. The smallest absolute Gasteiger partial charge is 0.169 e. The maximum atomic E-state index is 6.38. The quantitative estimate of drug-likeness (QED) is 0.517. The van der Waals surface area contributed by atoms with E-state index in [1.54, 1.807) is 16.8 Å². The van der Waals surface area contributed by atoms with Crippen LogP contribution in [-0.4, -0.2) is 19.6 Å². The zero-order valence-corrected chi connectivity index (χ0v) is 14.0. The second-order valence-corrected chi connectivity index (χ2v) is 6.07. The van der Waals surface area contributed by atoms with E-state index < -0.39 is 0 Å². The van der Waals surface area contributed by atoms with Crippen molar-refractivity contribution >= 4 is 23.2 Å². The van der Waals surface area contributed by atoms with Crippen molar-refractivity contribution in [1.29, 1.82) is 0 Å². The van der Waals surface area contributed by atoms with Gasteiger partial charge in [0.15, 0.2) is 5.82 Å². The molecule has 0 N–H and O–H groups in total. The second kappa shape index (κ2) is 6.15. The van der Waals surface area contributed by atoms with Crippen LogP contribution >= 0.6 is 23.2 Å². The number of rotatable bonds is 3. The van der Waals surface area contributed by atoms with E-state index in [-0.39, 0.29) is 0 Å². The van der Waals surface area contributed by atoms with Crippen molar-refractivity contribution in [3.05, 3.63) is 83.1 Å². The van der Waals surface area contributed by atoms with Crippen LogP contribution in [0.4, 0.5) is 0 Å². The van der Waals surface area contributed by atoms with Gasteiger partial charge in [-0.1, -0.05) is 46.6 Å². The average molecular weight is 355 g/mol. The molecule has 4 nitrogen and oxygen atoms in total. The number of aromatic nitrogens is 4. The van der Waals surface area contributed by atoms with Gasteiger partial charge in [-0.2, -0.15) is 4.68 Å². The van der Waals surface area contributed by atoms with Gasteiger partial charge in [0.25, 0.3) is 0 Å². The monoisotopic (exact) mass is 354 g/mol. The Hall–Kier alpha value is -2.56. The highest BCUT2D eigenvalue weighted by atomic mass is 35.5. The van der Waals surface area contributed by atoms with Crippen molar-refractivity contribution < 1.29 is 0 Å². The van der Waals surface area contributed by atoms with Gasteiger partial charge in [-0.15, -0.1) is 5.10 Å². The third kappa shape index (κ3) is 2.60. The molecule has 0 spiro atoms. The van der Waals surface area contributed by atoms with Crippen LogP contribution in [0.15, 0.2) is 73.1 Å². The highest BCUT2D eigenvalue weighted by Gasteiger charge is 2.19. The van der Waals surface area contributed by atoms with Crippen LogP contribution < -0.4 is 0 Å². The van der Waals surface area contributed by atoms with Gasteiger partial charge in [-0.25, -0.2) is 0 Å². The summed E-state index contributed by atoms with van der Waals surface area (Å²) in [6.07, 6.45) is 3.90. The van der Waals surface area contributed by atoms with E-state index in [2.05, 4.69) is 10.3 Å². The van der Waals surface area contributed by atoms with Crippen LogP contribution in [0.2, 0.25) is 10.0 Å². The molecule has 0 aliphatic heterocycles. The summed E-state index contributed by atoms with van der Waals surface area (Å²) >= 11 is 12.4. The van der Waals surface area contributed by atoms with Crippen LogP contribution in [0.25, 0.3) is 22.8 Å². The van der Waals surface area contributed by atoms with Crippen LogP contribution in [0.1, 0.15) is 0 Å². The molecule has 0 fully saturated rings. The van der Waals surface area contributed by atoms with E-state index >= 15 is 0 Å². The molecule has 0 atom stereocenters. The summed E-state index contributed by atoms with van der Waals surface area (Å²) in [6.45, 7) is 0. The molecule has 0 aliphatic rings. The van der Waals surface area contributed by atoms with Crippen molar-refractivity contribution in [2.75, 3.05) is 0 Å². The van der Waals surface area contributed by atoms with Gasteiger partial charge in [-0.3, -0.25) is 0 Å². The molecule has 118 valence electrons. The minimum absolute atomic E-state index is 0.538. The molecule has 0 bridgehead atoms. The molecule has 24 heavy (non-hydrogen) atoms. The Morgan fingerprint density at radius 1 is 0.833 bits per heavy atom. The Bertz CT molecular complexity index is 976. The fourth-order valence-electron chi connectivity index (χ4n) is 2.58. The lowest BCUT2D eigenvalue weighted by Gasteiger charge is -2.10. The first-order valence-corrected chi connectivity index (χ1v) is 8.09. The Kier molecular flexibility index (Phi) is 3.84. The summed E-state index contributed by atoms with van der Waals surface area (Å²) in [7, 11) is 0. The van der Waals surface area contributed by atoms with Gasteiger partial charge in [-0.05, 0) is 42.5 Å². The fourth-order valence-corrected chi connectivity index (χ4v) is 3.08. The standard InChI is InChI=1S/C18H12Cl2N4/c19-13-8-9-15(16(20)12-13)17-18(23-10-4-5-11-23)24(22-21-17)14-6-2-1-3-7-14/h1-12H. The first kappa shape index (κ1) is 15.0. The summed E-state index contributed by atoms with van der Waals surface area (Å²) < 4.78 is 3.76. The average Bonchev–Trinajstić information content (AvgIpc) is 3.25. The summed E-state index contributed by atoms with van der Waals surface area (Å²) in [5, 5.41) is 9.83. The Morgan fingerprint density at radius 3 is 2.29 bits per heavy atom. The lowest BCUT2D eigenvalue weighted by molar-refractivity contribution is 0.775. The van der Waals surface area contributed by atoms with E-state index in [4.69, 9.17) is 23.2 Å². The molecule has 0 unspecified atom stereocenters. The van der Waals surface area contributed by atoms with Crippen LogP contribution in [0.3, 0.4) is 0 Å². The predicted octanol–water partition coefficient (Wildman–Crippen LogP) is 5.03. The zero-order chi connectivity index (χ0) is 16.5. The number of halogens is 2. The predicted molar refractivity (Wildman–Crippen MR) is 96.1 cm³/mol. The van der Waals surface area contributed by atoms with E-state index in [1.165, 1.54) is 0 Å². The van der Waals surface area contributed by atoms with Gasteiger partial charge in [0.1, 0.15) is 5.69 Å². The van der Waals surface area contributed by atoms with E-state index in [0.717, 1.165) is 17.1 Å². The van der Waals surface area contributed by atoms with E-state index in [9.17, 15) is 0 Å². The zero-order valence-electron chi connectivity index (χ0n) is 12.5. The Balaban J connectivity index is 1.97. The lowest BCUT2D eigenvalue weighted by atomic mass is 10.1. The van der Waals surface area contributed by atoms with Gasteiger partial charge in [0.2, 0.25) is 0 Å². The molecule has 6 heteroatoms.